The van der Waals surface area contributed by atoms with E-state index >= 15 is 0 Å². The monoisotopic (exact) mass is 561 g/mol. The van der Waals surface area contributed by atoms with Crippen molar-refractivity contribution >= 4 is 71.3 Å². The van der Waals surface area contributed by atoms with Crippen LogP contribution >= 0.6 is 0 Å². The summed E-state index contributed by atoms with van der Waals surface area (Å²) in [7, 11) is 0. The van der Waals surface area contributed by atoms with Crippen molar-refractivity contribution in [3.8, 4) is 11.1 Å². The Morgan fingerprint density at radius 1 is 0.364 bits per heavy atom. The van der Waals surface area contributed by atoms with Gasteiger partial charge in [0, 0.05) is 27.8 Å². The zero-order valence-electron chi connectivity index (χ0n) is 23.9. The molecule has 2 nitrogen and oxygen atoms in total. The highest BCUT2D eigenvalue weighted by Gasteiger charge is 2.16. The van der Waals surface area contributed by atoms with E-state index in [9.17, 15) is 0 Å². The van der Waals surface area contributed by atoms with E-state index < -0.39 is 0 Å². The van der Waals surface area contributed by atoms with E-state index in [-0.39, 0.29) is 0 Å². The van der Waals surface area contributed by atoms with Crippen LogP contribution < -0.4 is 4.90 Å². The molecule has 0 bridgehead atoms. The Morgan fingerprint density at radius 3 is 1.75 bits per heavy atom. The maximum atomic E-state index is 6.33. The van der Waals surface area contributed by atoms with Crippen molar-refractivity contribution in [2.45, 2.75) is 0 Å². The molecule has 1 heterocycles. The molecule has 0 unspecified atom stereocenters. The fraction of sp³-hybridized carbons (Fsp3) is 0. The van der Waals surface area contributed by atoms with Gasteiger partial charge in [-0.3, -0.25) is 0 Å². The van der Waals surface area contributed by atoms with Crippen molar-refractivity contribution in [1.82, 2.24) is 0 Å². The number of fused-ring (bicyclic) bond motifs is 8. The van der Waals surface area contributed by atoms with Crippen molar-refractivity contribution in [3.63, 3.8) is 0 Å². The van der Waals surface area contributed by atoms with Crippen LogP contribution in [0, 0.1) is 0 Å². The largest absolute Gasteiger partial charge is 0.456 e. The van der Waals surface area contributed by atoms with E-state index in [1.807, 2.05) is 6.07 Å². The van der Waals surface area contributed by atoms with Gasteiger partial charge >= 0.3 is 0 Å². The Morgan fingerprint density at radius 2 is 1.00 bits per heavy atom. The lowest BCUT2D eigenvalue weighted by Crippen LogP contribution is -2.09. The summed E-state index contributed by atoms with van der Waals surface area (Å²) in [5.74, 6) is 0. The summed E-state index contributed by atoms with van der Waals surface area (Å²) >= 11 is 0. The average molecular weight is 562 g/mol. The van der Waals surface area contributed by atoms with Gasteiger partial charge in [0.25, 0.3) is 0 Å². The molecule has 206 valence electrons. The minimum Gasteiger partial charge on any atom is -0.456 e. The SMILES string of the molecule is c1ccc(N(c2ccccc2)c2ccc(-c3cc4cc5oc6ccccc6c5cc4c4c3ccc3ccccc34)cc2)cc1. The Kier molecular flexibility index (Phi) is 5.54. The smallest absolute Gasteiger partial charge is 0.136 e. The molecule has 44 heavy (non-hydrogen) atoms. The maximum Gasteiger partial charge on any atom is 0.136 e. The lowest BCUT2D eigenvalue weighted by Gasteiger charge is -2.25. The normalized spacial score (nSPS) is 11.6. The van der Waals surface area contributed by atoms with E-state index in [4.69, 9.17) is 4.42 Å². The number of benzene rings is 8. The molecule has 9 rings (SSSR count). The molecule has 0 aliphatic rings. The Hall–Kier alpha value is -5.86. The minimum atomic E-state index is 0.918. The van der Waals surface area contributed by atoms with Gasteiger partial charge < -0.3 is 9.32 Å². The second-order valence-corrected chi connectivity index (χ2v) is 11.4. The van der Waals surface area contributed by atoms with Crippen LogP contribution in [0.2, 0.25) is 0 Å². The number of para-hydroxylation sites is 3. The highest BCUT2D eigenvalue weighted by molar-refractivity contribution is 6.26. The topological polar surface area (TPSA) is 16.4 Å². The summed E-state index contributed by atoms with van der Waals surface area (Å²) in [5.41, 5.74) is 7.61. The third-order valence-corrected chi connectivity index (χ3v) is 8.80. The fourth-order valence-corrected chi connectivity index (χ4v) is 6.77. The number of hydrogen-bond acceptors (Lipinski definition) is 2. The summed E-state index contributed by atoms with van der Waals surface area (Å²) < 4.78 is 6.33. The van der Waals surface area contributed by atoms with Crippen molar-refractivity contribution in [1.29, 1.82) is 0 Å². The summed E-state index contributed by atoms with van der Waals surface area (Å²) in [4.78, 5) is 2.30. The van der Waals surface area contributed by atoms with Crippen molar-refractivity contribution in [3.05, 3.63) is 164 Å². The van der Waals surface area contributed by atoms with Crippen molar-refractivity contribution < 1.29 is 4.42 Å². The van der Waals surface area contributed by atoms with E-state index in [1.54, 1.807) is 0 Å². The number of furan rings is 1. The van der Waals surface area contributed by atoms with Crippen molar-refractivity contribution in [2.24, 2.45) is 0 Å². The standard InChI is InChI=1S/C42H27NO/c1-3-12-31(13-4-1)43(32-14-5-2-6-15-32)33-22-19-29(20-23-33)37-25-30-26-41-39(35-17-9-10-18-40(35)44-41)27-38(30)42-34-16-8-7-11-28(34)21-24-36(37)42/h1-27H. The first-order valence-electron chi connectivity index (χ1n) is 15.0. The Balaban J connectivity index is 1.28. The lowest BCUT2D eigenvalue weighted by molar-refractivity contribution is 0.669. The van der Waals surface area contributed by atoms with E-state index in [2.05, 4.69) is 163 Å². The van der Waals surface area contributed by atoms with Gasteiger partial charge in [-0.05, 0) is 104 Å². The zero-order chi connectivity index (χ0) is 29.0. The summed E-state index contributed by atoms with van der Waals surface area (Å²) in [5, 5.41) is 9.76. The first-order chi connectivity index (χ1) is 21.8. The van der Waals surface area contributed by atoms with Gasteiger partial charge in [-0.2, -0.15) is 0 Å². The van der Waals surface area contributed by atoms with E-state index in [0.717, 1.165) is 39.0 Å². The predicted molar refractivity (Wildman–Crippen MR) is 186 cm³/mol. The molecule has 0 aliphatic carbocycles. The molecule has 9 aromatic rings. The van der Waals surface area contributed by atoms with Crippen LogP contribution in [0.1, 0.15) is 0 Å². The van der Waals surface area contributed by atoms with Gasteiger partial charge in [0.05, 0.1) is 0 Å². The van der Waals surface area contributed by atoms with Crippen LogP contribution in [0.15, 0.2) is 168 Å². The highest BCUT2D eigenvalue weighted by atomic mass is 16.3. The molecule has 2 heteroatoms. The minimum absolute atomic E-state index is 0.918. The molecule has 0 saturated heterocycles. The summed E-state index contributed by atoms with van der Waals surface area (Å²) in [6.45, 7) is 0. The molecule has 0 N–H and O–H groups in total. The molecule has 0 atom stereocenters. The Labute approximate surface area is 255 Å². The lowest BCUT2D eigenvalue weighted by atomic mass is 9.89. The van der Waals surface area contributed by atoms with Gasteiger partial charge in [-0.25, -0.2) is 0 Å². The quantitative estimate of drug-likeness (QED) is 0.199. The second kappa shape index (κ2) is 9.86. The molecule has 0 aliphatic heterocycles. The first-order valence-corrected chi connectivity index (χ1v) is 15.0. The van der Waals surface area contributed by atoms with Gasteiger partial charge in [-0.15, -0.1) is 0 Å². The van der Waals surface area contributed by atoms with Crippen LogP contribution in [-0.2, 0) is 0 Å². The van der Waals surface area contributed by atoms with Crippen LogP contribution in [0.3, 0.4) is 0 Å². The van der Waals surface area contributed by atoms with Crippen LogP contribution in [-0.4, -0.2) is 0 Å². The average Bonchev–Trinajstić information content (AvgIpc) is 3.45. The molecular formula is C42H27NO. The van der Waals surface area contributed by atoms with Crippen molar-refractivity contribution in [2.75, 3.05) is 4.90 Å². The molecule has 0 spiro atoms. The molecule has 8 aromatic carbocycles. The maximum absolute atomic E-state index is 6.33. The molecule has 0 radical (unpaired) electrons. The number of rotatable bonds is 4. The molecule has 0 fully saturated rings. The van der Waals surface area contributed by atoms with Gasteiger partial charge in [0.1, 0.15) is 11.2 Å². The Bertz CT molecular complexity index is 2440. The second-order valence-electron chi connectivity index (χ2n) is 11.4. The third-order valence-electron chi connectivity index (χ3n) is 8.80. The third kappa shape index (κ3) is 3.89. The van der Waals surface area contributed by atoms with E-state index in [0.29, 0.717) is 0 Å². The summed E-state index contributed by atoms with van der Waals surface area (Å²) in [6.07, 6.45) is 0. The fourth-order valence-electron chi connectivity index (χ4n) is 6.77. The first kappa shape index (κ1) is 24.7. The summed E-state index contributed by atoms with van der Waals surface area (Å²) in [6, 6.07) is 58.5. The van der Waals surface area contributed by atoms with Crippen LogP contribution in [0.5, 0.6) is 0 Å². The van der Waals surface area contributed by atoms with Crippen LogP contribution in [0.4, 0.5) is 17.1 Å². The molecular weight excluding hydrogens is 534 g/mol. The van der Waals surface area contributed by atoms with Crippen LogP contribution in [0.25, 0.3) is 65.4 Å². The number of hydrogen-bond donors (Lipinski definition) is 0. The highest BCUT2D eigenvalue weighted by Crippen LogP contribution is 2.43. The molecule has 0 saturated carbocycles. The number of anilines is 3. The van der Waals surface area contributed by atoms with Gasteiger partial charge in [0.2, 0.25) is 0 Å². The molecule has 0 amide bonds. The number of nitrogens with zero attached hydrogens (tertiary/aromatic N) is 1. The van der Waals surface area contributed by atoms with Gasteiger partial charge in [-0.1, -0.05) is 103 Å². The molecule has 1 aromatic heterocycles. The van der Waals surface area contributed by atoms with E-state index in [1.165, 1.54) is 43.4 Å². The zero-order valence-corrected chi connectivity index (χ0v) is 23.9. The predicted octanol–water partition coefficient (Wildman–Crippen LogP) is 12.2. The van der Waals surface area contributed by atoms with Gasteiger partial charge in [0.15, 0.2) is 0 Å².